The third-order valence-electron chi connectivity index (χ3n) is 7.26. The van der Waals surface area contributed by atoms with Gasteiger partial charge in [-0.2, -0.15) is 0 Å². The van der Waals surface area contributed by atoms with E-state index in [1.54, 1.807) is 7.11 Å². The van der Waals surface area contributed by atoms with E-state index < -0.39 is 0 Å². The van der Waals surface area contributed by atoms with Crippen LogP contribution in [-0.4, -0.2) is 28.6 Å². The number of hydrogen-bond donors (Lipinski definition) is 1. The van der Waals surface area contributed by atoms with Crippen molar-refractivity contribution in [2.45, 2.75) is 90.1 Å². The second kappa shape index (κ2) is 10.7. The van der Waals surface area contributed by atoms with Crippen LogP contribution in [0.15, 0.2) is 18.2 Å². The summed E-state index contributed by atoms with van der Waals surface area (Å²) in [6, 6.07) is 5.84. The molecule has 4 rings (SSSR count). The maximum absolute atomic E-state index is 13.2. The molecular formula is C26H36ClN3O2. The van der Waals surface area contributed by atoms with Crippen LogP contribution >= 0.6 is 11.6 Å². The van der Waals surface area contributed by atoms with Gasteiger partial charge in [-0.1, -0.05) is 63.0 Å². The molecule has 2 aliphatic rings. The van der Waals surface area contributed by atoms with Gasteiger partial charge in [-0.05, 0) is 50.3 Å². The Bertz CT molecular complexity index is 927. The molecule has 0 spiro atoms. The van der Waals surface area contributed by atoms with E-state index in [9.17, 15) is 4.79 Å². The predicted molar refractivity (Wildman–Crippen MR) is 129 cm³/mol. The first-order valence-corrected chi connectivity index (χ1v) is 12.7. The molecule has 1 aromatic heterocycles. The first-order chi connectivity index (χ1) is 15.6. The summed E-state index contributed by atoms with van der Waals surface area (Å²) < 4.78 is 7.83. The third kappa shape index (κ3) is 5.31. The van der Waals surface area contributed by atoms with Gasteiger partial charge >= 0.3 is 0 Å². The van der Waals surface area contributed by atoms with E-state index in [0.29, 0.717) is 10.7 Å². The van der Waals surface area contributed by atoms with Crippen LogP contribution in [0.3, 0.4) is 0 Å². The molecule has 2 fully saturated rings. The van der Waals surface area contributed by atoms with E-state index in [4.69, 9.17) is 21.3 Å². The molecule has 1 aromatic carbocycles. The fourth-order valence-electron chi connectivity index (χ4n) is 5.37. The van der Waals surface area contributed by atoms with E-state index in [-0.39, 0.29) is 11.9 Å². The van der Waals surface area contributed by atoms with Gasteiger partial charge < -0.3 is 14.6 Å². The van der Waals surface area contributed by atoms with Crippen LogP contribution in [0.2, 0.25) is 5.02 Å². The second-order valence-corrected chi connectivity index (χ2v) is 9.90. The first-order valence-electron chi connectivity index (χ1n) is 12.3. The molecule has 2 aliphatic carbocycles. The molecule has 5 nitrogen and oxygen atoms in total. The third-order valence-corrected chi connectivity index (χ3v) is 7.50. The Balaban J connectivity index is 1.65. The van der Waals surface area contributed by atoms with Crippen molar-refractivity contribution >= 4 is 17.5 Å². The zero-order valence-corrected chi connectivity index (χ0v) is 20.2. The van der Waals surface area contributed by atoms with E-state index in [0.717, 1.165) is 54.6 Å². The zero-order valence-electron chi connectivity index (χ0n) is 19.5. The Labute approximate surface area is 196 Å². The van der Waals surface area contributed by atoms with Crippen molar-refractivity contribution < 1.29 is 9.53 Å². The van der Waals surface area contributed by atoms with Crippen molar-refractivity contribution in [1.82, 2.24) is 14.9 Å². The minimum Gasteiger partial charge on any atom is -0.496 e. The van der Waals surface area contributed by atoms with Crippen molar-refractivity contribution in [2.75, 3.05) is 7.11 Å². The summed E-state index contributed by atoms with van der Waals surface area (Å²) >= 11 is 6.34. The number of methoxy groups -OCH3 is 1. The molecular weight excluding hydrogens is 422 g/mol. The number of benzene rings is 1. The van der Waals surface area contributed by atoms with Gasteiger partial charge in [0, 0.05) is 23.3 Å². The van der Waals surface area contributed by atoms with Gasteiger partial charge in [-0.25, -0.2) is 4.98 Å². The molecule has 2 saturated carbocycles. The first kappa shape index (κ1) is 23.2. The summed E-state index contributed by atoms with van der Waals surface area (Å²) in [6.07, 6.45) is 13.5. The van der Waals surface area contributed by atoms with Gasteiger partial charge in [0.15, 0.2) is 0 Å². The lowest BCUT2D eigenvalue weighted by Gasteiger charge is -2.23. The van der Waals surface area contributed by atoms with Gasteiger partial charge in [-0.3, -0.25) is 4.79 Å². The number of rotatable bonds is 7. The number of carbonyl (C=O) groups is 1. The molecule has 0 unspecified atom stereocenters. The molecule has 0 saturated heterocycles. The Morgan fingerprint density at radius 1 is 1.12 bits per heavy atom. The van der Waals surface area contributed by atoms with Crippen LogP contribution < -0.4 is 10.1 Å². The van der Waals surface area contributed by atoms with Crippen LogP contribution in [0.25, 0.3) is 11.4 Å². The monoisotopic (exact) mass is 457 g/mol. The molecule has 1 amide bonds. The van der Waals surface area contributed by atoms with Crippen LogP contribution in [0, 0.1) is 12.8 Å². The number of nitrogens with one attached hydrogen (secondary N) is 1. The number of amides is 1. The van der Waals surface area contributed by atoms with E-state index >= 15 is 0 Å². The van der Waals surface area contributed by atoms with Crippen molar-refractivity contribution in [3.63, 3.8) is 0 Å². The van der Waals surface area contributed by atoms with Crippen molar-refractivity contribution in [3.05, 3.63) is 34.6 Å². The van der Waals surface area contributed by atoms with E-state index in [1.807, 2.05) is 25.1 Å². The Morgan fingerprint density at radius 3 is 2.50 bits per heavy atom. The lowest BCUT2D eigenvalue weighted by molar-refractivity contribution is 0.0922. The molecule has 0 aliphatic heterocycles. The number of aromatic nitrogens is 2. The topological polar surface area (TPSA) is 56.1 Å². The van der Waals surface area contributed by atoms with Crippen molar-refractivity contribution in [1.29, 1.82) is 0 Å². The molecule has 174 valence electrons. The molecule has 0 atom stereocenters. The smallest absolute Gasteiger partial charge is 0.271 e. The van der Waals surface area contributed by atoms with Crippen molar-refractivity contribution in [3.8, 4) is 17.1 Å². The number of hydrogen-bond acceptors (Lipinski definition) is 3. The predicted octanol–water partition coefficient (Wildman–Crippen LogP) is 6.55. The largest absolute Gasteiger partial charge is 0.496 e. The van der Waals surface area contributed by atoms with E-state index in [1.165, 1.54) is 51.4 Å². The number of nitrogens with zero attached hydrogens (tertiary/aromatic N) is 2. The van der Waals surface area contributed by atoms with Gasteiger partial charge in [0.1, 0.15) is 17.3 Å². The summed E-state index contributed by atoms with van der Waals surface area (Å²) in [7, 11) is 1.66. The van der Waals surface area contributed by atoms with Crippen LogP contribution in [0.1, 0.15) is 86.8 Å². The summed E-state index contributed by atoms with van der Waals surface area (Å²) in [5.41, 5.74) is 2.28. The lowest BCUT2D eigenvalue weighted by Crippen LogP contribution is -2.36. The van der Waals surface area contributed by atoms with Crippen LogP contribution in [-0.2, 0) is 6.54 Å². The normalized spacial score (nSPS) is 18.0. The molecule has 0 bridgehead atoms. The van der Waals surface area contributed by atoms with Gasteiger partial charge in [0.25, 0.3) is 5.91 Å². The van der Waals surface area contributed by atoms with Gasteiger partial charge in [-0.15, -0.1) is 0 Å². The molecule has 32 heavy (non-hydrogen) atoms. The van der Waals surface area contributed by atoms with Crippen LogP contribution in [0.5, 0.6) is 5.75 Å². The molecule has 0 radical (unpaired) electrons. The van der Waals surface area contributed by atoms with E-state index in [2.05, 4.69) is 9.88 Å². The summed E-state index contributed by atoms with van der Waals surface area (Å²) in [5, 5.41) is 3.87. The van der Waals surface area contributed by atoms with Crippen molar-refractivity contribution in [2.24, 2.45) is 5.92 Å². The maximum Gasteiger partial charge on any atom is 0.271 e. The molecule has 1 heterocycles. The number of halogens is 1. The highest BCUT2D eigenvalue weighted by atomic mass is 35.5. The fraction of sp³-hybridized carbons (Fsp3) is 0.615. The number of ether oxygens (including phenoxy) is 1. The van der Waals surface area contributed by atoms with Gasteiger partial charge in [0.05, 0.1) is 12.7 Å². The standard InChI is InChI=1S/C26H36ClN3O2/c1-18-24(26(31)28-21-11-7-4-8-12-21)29-25(22-17-20(27)13-14-23(22)32-2)30(18)16-15-19-9-5-3-6-10-19/h13-14,17,19,21H,3-12,15-16H2,1-2H3,(H,28,31). The lowest BCUT2D eigenvalue weighted by atomic mass is 9.87. The minimum absolute atomic E-state index is 0.0620. The maximum atomic E-state index is 13.2. The average molecular weight is 458 g/mol. The van der Waals surface area contributed by atoms with Crippen LogP contribution in [0.4, 0.5) is 0 Å². The summed E-state index contributed by atoms with van der Waals surface area (Å²) in [4.78, 5) is 18.1. The zero-order chi connectivity index (χ0) is 22.5. The quantitative estimate of drug-likeness (QED) is 0.512. The minimum atomic E-state index is -0.0620. The Kier molecular flexibility index (Phi) is 7.77. The molecule has 6 heteroatoms. The molecule has 1 N–H and O–H groups in total. The number of carbonyl (C=O) groups excluding carboxylic acids is 1. The highest BCUT2D eigenvalue weighted by Crippen LogP contribution is 2.35. The second-order valence-electron chi connectivity index (χ2n) is 9.47. The Morgan fingerprint density at radius 2 is 1.81 bits per heavy atom. The fourth-order valence-corrected chi connectivity index (χ4v) is 5.54. The highest BCUT2D eigenvalue weighted by Gasteiger charge is 2.25. The number of imidazole rings is 1. The Hall–Kier alpha value is -2.01. The summed E-state index contributed by atoms with van der Waals surface area (Å²) in [5.74, 6) is 2.18. The average Bonchev–Trinajstić information content (AvgIpc) is 3.15. The SMILES string of the molecule is COc1ccc(Cl)cc1-c1nc(C(=O)NC2CCCCC2)c(C)n1CCC1CCCCC1. The van der Waals surface area contributed by atoms with Gasteiger partial charge in [0.2, 0.25) is 0 Å². The summed E-state index contributed by atoms with van der Waals surface area (Å²) in [6.45, 7) is 2.87. The molecule has 2 aromatic rings. The highest BCUT2D eigenvalue weighted by molar-refractivity contribution is 6.30.